The Morgan fingerprint density at radius 3 is 2.24 bits per heavy atom. The van der Waals surface area contributed by atoms with E-state index in [0.717, 1.165) is 27.6 Å². The number of rotatable bonds is 4. The molecule has 0 aliphatic heterocycles. The van der Waals surface area contributed by atoms with Gasteiger partial charge in [0.2, 0.25) is 0 Å². The van der Waals surface area contributed by atoms with Crippen LogP contribution >= 0.6 is 0 Å². The maximum absolute atomic E-state index is 12.5. The van der Waals surface area contributed by atoms with E-state index >= 15 is 0 Å². The van der Waals surface area contributed by atoms with E-state index in [-0.39, 0.29) is 5.91 Å². The lowest BCUT2D eigenvalue weighted by Gasteiger charge is -2.18. The summed E-state index contributed by atoms with van der Waals surface area (Å²) in [6.45, 7) is 7.83. The molecule has 3 rings (SSSR count). The van der Waals surface area contributed by atoms with Crippen molar-refractivity contribution < 1.29 is 9.53 Å². The van der Waals surface area contributed by atoms with Crippen molar-refractivity contribution >= 4 is 22.4 Å². The Balaban J connectivity index is 1.74. The zero-order valence-electron chi connectivity index (χ0n) is 15.1. The Morgan fingerprint density at radius 1 is 0.920 bits per heavy atom. The number of hydrogen-bond donors (Lipinski definition) is 1. The van der Waals surface area contributed by atoms with Gasteiger partial charge >= 0.3 is 0 Å². The van der Waals surface area contributed by atoms with Crippen molar-refractivity contribution in [2.75, 3.05) is 5.32 Å². The molecule has 0 aliphatic carbocycles. The van der Waals surface area contributed by atoms with Crippen molar-refractivity contribution in [2.24, 2.45) is 0 Å². The van der Waals surface area contributed by atoms with Crippen molar-refractivity contribution in [1.82, 2.24) is 0 Å². The molecule has 3 heteroatoms. The summed E-state index contributed by atoms with van der Waals surface area (Å²) in [6, 6.07) is 18.1. The monoisotopic (exact) mass is 333 g/mol. The zero-order chi connectivity index (χ0) is 18.0. The van der Waals surface area contributed by atoms with Gasteiger partial charge in [0.05, 0.1) is 0 Å². The Labute approximate surface area is 148 Å². The van der Waals surface area contributed by atoms with Crippen molar-refractivity contribution in [1.29, 1.82) is 0 Å². The second kappa shape index (κ2) is 6.98. The molecule has 3 nitrogen and oxygen atoms in total. The van der Waals surface area contributed by atoms with Crippen LogP contribution in [-0.4, -0.2) is 12.0 Å². The van der Waals surface area contributed by atoms with Crippen LogP contribution in [0.15, 0.2) is 54.6 Å². The molecule has 0 aliphatic rings. The summed E-state index contributed by atoms with van der Waals surface area (Å²) in [6.07, 6.45) is -0.582. The molecule has 0 heterocycles. The number of anilines is 1. The molecule has 0 aromatic heterocycles. The molecule has 3 aromatic rings. The fourth-order valence-electron chi connectivity index (χ4n) is 3.10. The first-order valence-electron chi connectivity index (χ1n) is 8.48. The van der Waals surface area contributed by atoms with Crippen LogP contribution < -0.4 is 10.1 Å². The van der Waals surface area contributed by atoms with Gasteiger partial charge in [0, 0.05) is 5.69 Å². The minimum atomic E-state index is -0.582. The fourth-order valence-corrected chi connectivity index (χ4v) is 3.10. The van der Waals surface area contributed by atoms with Crippen LogP contribution in [0.3, 0.4) is 0 Å². The summed E-state index contributed by atoms with van der Waals surface area (Å²) in [5.74, 6) is 0.543. The second-order valence-electron chi connectivity index (χ2n) is 6.53. The van der Waals surface area contributed by atoms with Gasteiger partial charge in [-0.2, -0.15) is 0 Å². The van der Waals surface area contributed by atoms with Gasteiger partial charge in [-0.05, 0) is 61.7 Å². The largest absolute Gasteiger partial charge is 0.481 e. The molecule has 1 atom stereocenters. The molecule has 0 saturated carbocycles. The molecule has 128 valence electrons. The summed E-state index contributed by atoms with van der Waals surface area (Å²) in [5.41, 5.74) is 4.17. The number of fused-ring (bicyclic) bond motifs is 1. The highest BCUT2D eigenvalue weighted by molar-refractivity contribution is 5.95. The van der Waals surface area contributed by atoms with E-state index in [1.165, 1.54) is 5.56 Å². The molecular formula is C22H23NO2. The van der Waals surface area contributed by atoms with E-state index in [2.05, 4.69) is 30.4 Å². The van der Waals surface area contributed by atoms with Gasteiger partial charge in [-0.15, -0.1) is 0 Å². The number of aryl methyl sites for hydroxylation is 3. The van der Waals surface area contributed by atoms with E-state index in [1.54, 1.807) is 6.92 Å². The molecule has 0 radical (unpaired) electrons. The van der Waals surface area contributed by atoms with Crippen molar-refractivity contribution in [2.45, 2.75) is 33.8 Å². The highest BCUT2D eigenvalue weighted by Crippen LogP contribution is 2.24. The third kappa shape index (κ3) is 3.82. The SMILES string of the molecule is Cc1cc(C)c(NC(=O)C(C)Oc2ccc3ccccc3c2)c(C)c1. The number of carbonyl (C=O) groups is 1. The maximum atomic E-state index is 12.5. The average Bonchev–Trinajstić information content (AvgIpc) is 2.57. The summed E-state index contributed by atoms with van der Waals surface area (Å²) >= 11 is 0. The molecule has 1 unspecified atom stereocenters. The van der Waals surface area contributed by atoms with Crippen LogP contribution in [0.4, 0.5) is 5.69 Å². The average molecular weight is 333 g/mol. The lowest BCUT2D eigenvalue weighted by molar-refractivity contribution is -0.122. The van der Waals surface area contributed by atoms with Gasteiger partial charge in [-0.25, -0.2) is 0 Å². The topological polar surface area (TPSA) is 38.3 Å². The van der Waals surface area contributed by atoms with Crippen molar-refractivity contribution in [3.8, 4) is 5.75 Å². The van der Waals surface area contributed by atoms with Crippen LogP contribution in [0, 0.1) is 20.8 Å². The standard InChI is InChI=1S/C22H23NO2/c1-14-11-15(2)21(16(3)12-14)23-22(24)17(4)25-20-10-9-18-7-5-6-8-19(18)13-20/h5-13,17H,1-4H3,(H,23,24). The van der Waals surface area contributed by atoms with E-state index in [9.17, 15) is 4.79 Å². The van der Waals surface area contributed by atoms with E-state index in [0.29, 0.717) is 5.75 Å². The molecule has 0 spiro atoms. The minimum absolute atomic E-state index is 0.150. The molecular weight excluding hydrogens is 310 g/mol. The third-order valence-corrected chi connectivity index (χ3v) is 4.33. The van der Waals surface area contributed by atoms with Gasteiger partial charge in [0.25, 0.3) is 5.91 Å². The number of ether oxygens (including phenoxy) is 1. The maximum Gasteiger partial charge on any atom is 0.265 e. The molecule has 0 bridgehead atoms. The molecule has 0 fully saturated rings. The predicted molar refractivity (Wildman–Crippen MR) is 103 cm³/mol. The van der Waals surface area contributed by atoms with Gasteiger partial charge in [0.1, 0.15) is 5.75 Å². The van der Waals surface area contributed by atoms with Gasteiger partial charge < -0.3 is 10.1 Å². The van der Waals surface area contributed by atoms with Crippen LogP contribution in [0.2, 0.25) is 0 Å². The molecule has 25 heavy (non-hydrogen) atoms. The first kappa shape index (κ1) is 17.0. The summed E-state index contributed by atoms with van der Waals surface area (Å²) in [7, 11) is 0. The van der Waals surface area contributed by atoms with Gasteiger partial charge in [-0.1, -0.05) is 48.0 Å². The molecule has 1 N–H and O–H groups in total. The normalized spacial score (nSPS) is 12.0. The fraction of sp³-hybridized carbons (Fsp3) is 0.227. The molecule has 0 saturated heterocycles. The zero-order valence-corrected chi connectivity index (χ0v) is 15.1. The number of nitrogens with one attached hydrogen (secondary N) is 1. The lowest BCUT2D eigenvalue weighted by Crippen LogP contribution is -2.30. The van der Waals surface area contributed by atoms with E-state index in [1.807, 2.05) is 50.2 Å². The number of carbonyl (C=O) groups excluding carboxylic acids is 1. The van der Waals surface area contributed by atoms with Crippen LogP contribution in [0.5, 0.6) is 5.75 Å². The first-order valence-corrected chi connectivity index (χ1v) is 8.48. The summed E-state index contributed by atoms with van der Waals surface area (Å²) in [4.78, 5) is 12.5. The molecule has 1 amide bonds. The van der Waals surface area contributed by atoms with Crippen molar-refractivity contribution in [3.05, 3.63) is 71.3 Å². The Bertz CT molecular complexity index is 907. The lowest BCUT2D eigenvalue weighted by atomic mass is 10.0. The van der Waals surface area contributed by atoms with E-state index in [4.69, 9.17) is 4.74 Å². The predicted octanol–water partition coefficient (Wildman–Crippen LogP) is 5.17. The number of benzene rings is 3. The second-order valence-corrected chi connectivity index (χ2v) is 6.53. The summed E-state index contributed by atoms with van der Waals surface area (Å²) in [5, 5.41) is 5.24. The van der Waals surface area contributed by atoms with Crippen molar-refractivity contribution in [3.63, 3.8) is 0 Å². The van der Waals surface area contributed by atoms with E-state index < -0.39 is 6.10 Å². The first-order chi connectivity index (χ1) is 11.9. The number of amides is 1. The third-order valence-electron chi connectivity index (χ3n) is 4.33. The highest BCUT2D eigenvalue weighted by atomic mass is 16.5. The van der Waals surface area contributed by atoms with Gasteiger partial charge in [-0.3, -0.25) is 4.79 Å². The highest BCUT2D eigenvalue weighted by Gasteiger charge is 2.17. The van der Waals surface area contributed by atoms with Gasteiger partial charge in [0.15, 0.2) is 6.10 Å². The quantitative estimate of drug-likeness (QED) is 0.715. The van der Waals surface area contributed by atoms with Crippen LogP contribution in [-0.2, 0) is 4.79 Å². The molecule has 3 aromatic carbocycles. The Morgan fingerprint density at radius 2 is 1.56 bits per heavy atom. The Kier molecular flexibility index (Phi) is 4.75. The number of hydrogen-bond acceptors (Lipinski definition) is 2. The van der Waals surface area contributed by atoms with Crippen LogP contribution in [0.1, 0.15) is 23.6 Å². The minimum Gasteiger partial charge on any atom is -0.481 e. The Hall–Kier alpha value is -2.81. The van der Waals surface area contributed by atoms with Crippen LogP contribution in [0.25, 0.3) is 10.8 Å². The smallest absolute Gasteiger partial charge is 0.265 e. The summed E-state index contributed by atoms with van der Waals surface area (Å²) < 4.78 is 5.85.